The molecule has 27 heavy (non-hydrogen) atoms. The Balaban J connectivity index is 1.65. The molecule has 1 aliphatic rings. The summed E-state index contributed by atoms with van der Waals surface area (Å²) in [4.78, 5) is 34.5. The predicted molar refractivity (Wildman–Crippen MR) is 94.2 cm³/mol. The third-order valence-electron chi connectivity index (χ3n) is 3.67. The maximum absolute atomic E-state index is 12.2. The van der Waals surface area contributed by atoms with E-state index in [1.165, 1.54) is 19.1 Å². The summed E-state index contributed by atoms with van der Waals surface area (Å²) in [5.74, 6) is -0.406. The van der Waals surface area contributed by atoms with Gasteiger partial charge in [-0.3, -0.25) is 14.9 Å². The van der Waals surface area contributed by atoms with E-state index in [4.69, 9.17) is 25.8 Å². The zero-order chi connectivity index (χ0) is 19.6. The SMILES string of the molecule is C[C@H](OC(=O)c1ccc(Cl)c([N+](=O)[O-])c1)C(=O)Nc1ccc2c(c1)OCO2. The van der Waals surface area contributed by atoms with E-state index >= 15 is 0 Å². The number of benzene rings is 2. The molecule has 0 saturated carbocycles. The van der Waals surface area contributed by atoms with Crippen LogP contribution < -0.4 is 14.8 Å². The van der Waals surface area contributed by atoms with Gasteiger partial charge >= 0.3 is 5.97 Å². The van der Waals surface area contributed by atoms with Crippen LogP contribution in [-0.4, -0.2) is 29.7 Å². The fourth-order valence-electron chi connectivity index (χ4n) is 2.28. The summed E-state index contributed by atoms with van der Waals surface area (Å²) in [5, 5.41) is 13.4. The molecule has 0 aromatic heterocycles. The number of nitrogens with one attached hydrogen (secondary N) is 1. The summed E-state index contributed by atoms with van der Waals surface area (Å²) in [6.07, 6.45) is -1.14. The van der Waals surface area contributed by atoms with Crippen LogP contribution in [0.25, 0.3) is 0 Å². The van der Waals surface area contributed by atoms with Crippen molar-refractivity contribution >= 4 is 34.9 Å². The Bertz CT molecular complexity index is 931. The molecule has 3 rings (SSSR count). The maximum atomic E-state index is 12.2. The lowest BCUT2D eigenvalue weighted by molar-refractivity contribution is -0.384. The van der Waals surface area contributed by atoms with Crippen molar-refractivity contribution in [1.29, 1.82) is 0 Å². The summed E-state index contributed by atoms with van der Waals surface area (Å²) in [5.41, 5.74) is -0.0771. The molecular weight excluding hydrogens is 380 g/mol. The summed E-state index contributed by atoms with van der Waals surface area (Å²) < 4.78 is 15.5. The lowest BCUT2D eigenvalue weighted by atomic mass is 10.2. The Morgan fingerprint density at radius 1 is 1.22 bits per heavy atom. The van der Waals surface area contributed by atoms with Crippen LogP contribution in [0, 0.1) is 10.1 Å². The molecule has 0 saturated heterocycles. The van der Waals surface area contributed by atoms with E-state index in [9.17, 15) is 19.7 Å². The molecule has 1 atom stereocenters. The van der Waals surface area contributed by atoms with Crippen molar-refractivity contribution in [3.8, 4) is 11.5 Å². The predicted octanol–water partition coefficient (Wildman–Crippen LogP) is 3.16. The van der Waals surface area contributed by atoms with Crippen LogP contribution in [0.5, 0.6) is 11.5 Å². The highest BCUT2D eigenvalue weighted by molar-refractivity contribution is 6.32. The first-order chi connectivity index (χ1) is 12.8. The summed E-state index contributed by atoms with van der Waals surface area (Å²) in [6.45, 7) is 1.48. The fourth-order valence-corrected chi connectivity index (χ4v) is 2.47. The number of amides is 1. The second-order valence-corrected chi connectivity index (χ2v) is 5.94. The lowest BCUT2D eigenvalue weighted by Gasteiger charge is -2.14. The Labute approximate surface area is 157 Å². The first kappa shape index (κ1) is 18.5. The van der Waals surface area contributed by atoms with E-state index in [0.29, 0.717) is 17.2 Å². The number of nitro groups is 1. The monoisotopic (exact) mass is 392 g/mol. The molecule has 1 heterocycles. The molecule has 0 radical (unpaired) electrons. The third kappa shape index (κ3) is 4.09. The molecule has 0 fully saturated rings. The topological polar surface area (TPSA) is 117 Å². The van der Waals surface area contributed by atoms with Crippen LogP contribution in [0.1, 0.15) is 17.3 Å². The standard InChI is InChI=1S/C17H13ClN2O7/c1-9(16(21)19-11-3-5-14-15(7-11)26-8-25-14)27-17(22)10-2-4-12(18)13(6-10)20(23)24/h2-7,9H,8H2,1H3,(H,19,21)/t9-/m0/s1. The van der Waals surface area contributed by atoms with E-state index < -0.39 is 28.6 Å². The van der Waals surface area contributed by atoms with Crippen LogP contribution in [0.4, 0.5) is 11.4 Å². The van der Waals surface area contributed by atoms with Gasteiger partial charge in [0.05, 0.1) is 10.5 Å². The first-order valence-corrected chi connectivity index (χ1v) is 8.08. The van der Waals surface area contributed by atoms with E-state index in [1.807, 2.05) is 0 Å². The molecular formula is C17H13ClN2O7. The van der Waals surface area contributed by atoms with E-state index in [-0.39, 0.29) is 17.4 Å². The highest BCUT2D eigenvalue weighted by Gasteiger charge is 2.22. The van der Waals surface area contributed by atoms with Gasteiger partial charge in [0.25, 0.3) is 11.6 Å². The highest BCUT2D eigenvalue weighted by atomic mass is 35.5. The average Bonchev–Trinajstić information content (AvgIpc) is 3.09. The quantitative estimate of drug-likeness (QED) is 0.471. The van der Waals surface area contributed by atoms with Crippen molar-refractivity contribution in [2.75, 3.05) is 12.1 Å². The van der Waals surface area contributed by atoms with Crippen molar-refractivity contribution in [2.24, 2.45) is 0 Å². The Morgan fingerprint density at radius 3 is 2.70 bits per heavy atom. The zero-order valence-electron chi connectivity index (χ0n) is 13.9. The number of nitrogens with zero attached hydrogens (tertiary/aromatic N) is 1. The van der Waals surface area contributed by atoms with Crippen molar-refractivity contribution in [3.05, 3.63) is 57.1 Å². The van der Waals surface area contributed by atoms with Crippen LogP contribution in [0.3, 0.4) is 0 Å². The van der Waals surface area contributed by atoms with Crippen molar-refractivity contribution in [3.63, 3.8) is 0 Å². The molecule has 2 aromatic rings. The number of nitro benzene ring substituents is 1. The van der Waals surface area contributed by atoms with E-state index in [2.05, 4.69) is 5.32 Å². The Hall–Kier alpha value is -3.33. The number of halogens is 1. The van der Waals surface area contributed by atoms with Gasteiger partial charge in [0.1, 0.15) is 5.02 Å². The Morgan fingerprint density at radius 2 is 1.96 bits per heavy atom. The molecule has 1 N–H and O–H groups in total. The number of hydrogen-bond acceptors (Lipinski definition) is 7. The second kappa shape index (κ2) is 7.50. The van der Waals surface area contributed by atoms with Gasteiger partial charge in [0.2, 0.25) is 6.79 Å². The number of carbonyl (C=O) groups excluding carboxylic acids is 2. The number of fused-ring (bicyclic) bond motifs is 1. The van der Waals surface area contributed by atoms with E-state index in [1.54, 1.807) is 18.2 Å². The number of hydrogen-bond donors (Lipinski definition) is 1. The second-order valence-electron chi connectivity index (χ2n) is 5.53. The van der Waals surface area contributed by atoms with E-state index in [0.717, 1.165) is 6.07 Å². The molecule has 140 valence electrons. The van der Waals surface area contributed by atoms with Crippen LogP contribution in [0.15, 0.2) is 36.4 Å². The smallest absolute Gasteiger partial charge is 0.339 e. The van der Waals surface area contributed by atoms with Crippen molar-refractivity contribution < 1.29 is 28.7 Å². The summed E-state index contributed by atoms with van der Waals surface area (Å²) >= 11 is 5.71. The number of ether oxygens (including phenoxy) is 3. The van der Waals surface area contributed by atoms with Gasteiger partial charge in [0, 0.05) is 17.8 Å². The van der Waals surface area contributed by atoms with Crippen LogP contribution in [0.2, 0.25) is 5.02 Å². The van der Waals surface area contributed by atoms with Gasteiger partial charge in [0.15, 0.2) is 17.6 Å². The molecule has 1 amide bonds. The van der Waals surface area contributed by atoms with Crippen molar-refractivity contribution in [2.45, 2.75) is 13.0 Å². The molecule has 10 heteroatoms. The molecule has 0 aliphatic carbocycles. The molecule has 9 nitrogen and oxygen atoms in total. The fraction of sp³-hybridized carbons (Fsp3) is 0.176. The van der Waals surface area contributed by atoms with Crippen LogP contribution in [-0.2, 0) is 9.53 Å². The molecule has 0 spiro atoms. The third-order valence-corrected chi connectivity index (χ3v) is 3.99. The number of esters is 1. The van der Waals surface area contributed by atoms with Gasteiger partial charge in [-0.1, -0.05) is 11.6 Å². The lowest BCUT2D eigenvalue weighted by Crippen LogP contribution is -2.30. The number of rotatable bonds is 5. The van der Waals surface area contributed by atoms with Crippen LogP contribution >= 0.6 is 11.6 Å². The molecule has 0 bridgehead atoms. The van der Waals surface area contributed by atoms with Gasteiger partial charge in [-0.15, -0.1) is 0 Å². The first-order valence-electron chi connectivity index (χ1n) is 7.70. The number of carbonyl (C=O) groups is 2. The average molecular weight is 393 g/mol. The van der Waals surface area contributed by atoms with Gasteiger partial charge in [-0.25, -0.2) is 4.79 Å². The highest BCUT2D eigenvalue weighted by Crippen LogP contribution is 2.34. The maximum Gasteiger partial charge on any atom is 0.339 e. The van der Waals surface area contributed by atoms with Gasteiger partial charge in [-0.2, -0.15) is 0 Å². The van der Waals surface area contributed by atoms with Gasteiger partial charge in [-0.05, 0) is 31.2 Å². The molecule has 2 aromatic carbocycles. The largest absolute Gasteiger partial charge is 0.454 e. The Kier molecular flexibility index (Phi) is 5.13. The summed E-state index contributed by atoms with van der Waals surface area (Å²) in [6, 6.07) is 8.32. The number of anilines is 1. The minimum Gasteiger partial charge on any atom is -0.454 e. The molecule has 1 aliphatic heterocycles. The van der Waals surface area contributed by atoms with Crippen molar-refractivity contribution in [1.82, 2.24) is 0 Å². The summed E-state index contributed by atoms with van der Waals surface area (Å²) in [7, 11) is 0. The zero-order valence-corrected chi connectivity index (χ0v) is 14.7. The normalized spacial score (nSPS) is 13.0. The molecule has 0 unspecified atom stereocenters. The minimum absolute atomic E-state index is 0.0890. The van der Waals surface area contributed by atoms with Gasteiger partial charge < -0.3 is 19.5 Å². The minimum atomic E-state index is -1.14.